The summed E-state index contributed by atoms with van der Waals surface area (Å²) in [5, 5.41) is 21.2. The van der Waals surface area contributed by atoms with Gasteiger partial charge in [-0.3, -0.25) is 4.98 Å². The molecule has 0 aliphatic heterocycles. The maximum atomic E-state index is 13.3. The molecule has 0 bridgehead atoms. The number of likely N-dealkylation sites (N-methyl/N-ethyl adjacent to an activating group) is 1. The highest BCUT2D eigenvalue weighted by molar-refractivity contribution is 5.87. The molecule has 164 valence electrons. The lowest BCUT2D eigenvalue weighted by Gasteiger charge is -2.13. The van der Waals surface area contributed by atoms with Gasteiger partial charge in [-0.15, -0.1) is 10.2 Å². The summed E-state index contributed by atoms with van der Waals surface area (Å²) in [5.41, 5.74) is 2.48. The number of halogens is 1. The third-order valence-electron chi connectivity index (χ3n) is 4.78. The number of hydrogen-bond donors (Lipinski definition) is 2. The van der Waals surface area contributed by atoms with Crippen LogP contribution in [0, 0.1) is 12.7 Å². The molecule has 1 aromatic carbocycles. The van der Waals surface area contributed by atoms with E-state index in [1.165, 1.54) is 12.1 Å². The maximum absolute atomic E-state index is 13.3. The molecule has 31 heavy (non-hydrogen) atoms. The van der Waals surface area contributed by atoms with Crippen LogP contribution in [0.4, 0.5) is 4.39 Å². The van der Waals surface area contributed by atoms with E-state index in [1.54, 1.807) is 31.2 Å². The van der Waals surface area contributed by atoms with Crippen LogP contribution >= 0.6 is 0 Å². The average Bonchev–Trinajstić information content (AvgIpc) is 3.09. The molecule has 3 aromatic rings. The zero-order valence-corrected chi connectivity index (χ0v) is 18.0. The van der Waals surface area contributed by atoms with Gasteiger partial charge in [0.05, 0.1) is 24.3 Å². The predicted molar refractivity (Wildman–Crippen MR) is 114 cm³/mol. The van der Waals surface area contributed by atoms with E-state index in [1.807, 2.05) is 18.7 Å². The highest BCUT2D eigenvalue weighted by Crippen LogP contribution is 2.11. The lowest BCUT2D eigenvalue weighted by molar-refractivity contribution is 0.0696. The van der Waals surface area contributed by atoms with Crippen molar-refractivity contribution in [3.05, 3.63) is 76.4 Å². The van der Waals surface area contributed by atoms with Crippen molar-refractivity contribution in [1.82, 2.24) is 30.0 Å². The van der Waals surface area contributed by atoms with Crippen LogP contribution in [0.15, 0.2) is 36.4 Å². The summed E-state index contributed by atoms with van der Waals surface area (Å²) in [7, 11) is 4.01. The first-order valence-electron chi connectivity index (χ1n) is 10.0. The minimum Gasteiger partial charge on any atom is -0.478 e. The molecule has 2 N–H and O–H groups in total. The van der Waals surface area contributed by atoms with Gasteiger partial charge in [-0.05, 0) is 50.8 Å². The molecule has 0 spiro atoms. The summed E-state index contributed by atoms with van der Waals surface area (Å²) in [6.45, 7) is 3.98. The quantitative estimate of drug-likeness (QED) is 0.513. The van der Waals surface area contributed by atoms with Crippen LogP contribution in [-0.4, -0.2) is 56.4 Å². The molecule has 2 aromatic heterocycles. The molecular weight excluding hydrogens is 399 g/mol. The van der Waals surface area contributed by atoms with E-state index in [-0.39, 0.29) is 11.4 Å². The Kier molecular flexibility index (Phi) is 7.43. The van der Waals surface area contributed by atoms with Crippen LogP contribution in [-0.2, 0) is 26.1 Å². The van der Waals surface area contributed by atoms with Crippen molar-refractivity contribution >= 4 is 5.97 Å². The number of aromatic nitrogens is 4. The van der Waals surface area contributed by atoms with Crippen LogP contribution in [0.3, 0.4) is 0 Å². The molecule has 0 saturated heterocycles. The largest absolute Gasteiger partial charge is 0.478 e. The molecule has 0 aliphatic carbocycles. The highest BCUT2D eigenvalue weighted by atomic mass is 19.1. The van der Waals surface area contributed by atoms with Crippen LogP contribution in [0.1, 0.15) is 39.0 Å². The molecule has 2 heterocycles. The molecule has 9 heteroatoms. The van der Waals surface area contributed by atoms with E-state index < -0.39 is 5.97 Å². The fourth-order valence-corrected chi connectivity index (χ4v) is 3.22. The number of carboxylic acid groups (broad SMARTS) is 1. The Balaban J connectivity index is 1.74. The van der Waals surface area contributed by atoms with Crippen LogP contribution < -0.4 is 5.32 Å². The molecule has 0 radical (unpaired) electrons. The number of carbonyl (C=O) groups is 1. The van der Waals surface area contributed by atoms with Gasteiger partial charge in [0, 0.05) is 25.2 Å². The van der Waals surface area contributed by atoms with Crippen LogP contribution in [0.25, 0.3) is 0 Å². The van der Waals surface area contributed by atoms with Crippen molar-refractivity contribution in [2.75, 3.05) is 20.6 Å². The van der Waals surface area contributed by atoms with Crippen LogP contribution in [0.2, 0.25) is 0 Å². The van der Waals surface area contributed by atoms with Gasteiger partial charge in [0.15, 0.2) is 0 Å². The van der Waals surface area contributed by atoms with Crippen molar-refractivity contribution in [2.24, 2.45) is 0 Å². The van der Waals surface area contributed by atoms with Gasteiger partial charge >= 0.3 is 5.97 Å². The second-order valence-corrected chi connectivity index (χ2v) is 7.70. The van der Waals surface area contributed by atoms with Gasteiger partial charge in [0.25, 0.3) is 0 Å². The minimum atomic E-state index is -0.976. The van der Waals surface area contributed by atoms with Gasteiger partial charge in [0.1, 0.15) is 17.5 Å². The lowest BCUT2D eigenvalue weighted by atomic mass is 10.2. The summed E-state index contributed by atoms with van der Waals surface area (Å²) in [5.74, 6) is 0.366. The SMILES string of the molecule is Cc1cc(C(=O)O)cc(CNCc2nnc(CCN(C)C)n2Cc2ccc(F)cc2)n1. The normalized spacial score (nSPS) is 11.3. The Labute approximate surface area is 180 Å². The minimum absolute atomic E-state index is 0.217. The van der Waals surface area contributed by atoms with Crippen molar-refractivity contribution in [2.45, 2.75) is 33.0 Å². The molecule has 0 saturated carbocycles. The van der Waals surface area contributed by atoms with Crippen molar-refractivity contribution < 1.29 is 14.3 Å². The number of hydrogen-bond acceptors (Lipinski definition) is 6. The number of nitrogens with zero attached hydrogens (tertiary/aromatic N) is 5. The predicted octanol–water partition coefficient (Wildman–Crippen LogP) is 2.26. The van der Waals surface area contributed by atoms with E-state index in [2.05, 4.69) is 25.4 Å². The number of pyridine rings is 1. The summed E-state index contributed by atoms with van der Waals surface area (Å²) >= 11 is 0. The second-order valence-electron chi connectivity index (χ2n) is 7.70. The van der Waals surface area contributed by atoms with E-state index in [9.17, 15) is 14.3 Å². The molecule has 0 unspecified atom stereocenters. The van der Waals surface area contributed by atoms with Gasteiger partial charge in [-0.25, -0.2) is 9.18 Å². The Morgan fingerprint density at radius 3 is 2.52 bits per heavy atom. The first kappa shape index (κ1) is 22.5. The van der Waals surface area contributed by atoms with E-state index in [4.69, 9.17) is 0 Å². The molecule has 8 nitrogen and oxygen atoms in total. The number of aromatic carboxylic acids is 1. The van der Waals surface area contributed by atoms with Crippen LogP contribution in [0.5, 0.6) is 0 Å². The molecule has 3 rings (SSSR count). The van der Waals surface area contributed by atoms with Crippen molar-refractivity contribution in [3.63, 3.8) is 0 Å². The average molecular weight is 426 g/mol. The van der Waals surface area contributed by atoms with Gasteiger partial charge < -0.3 is 19.9 Å². The number of benzene rings is 1. The smallest absolute Gasteiger partial charge is 0.335 e. The zero-order valence-electron chi connectivity index (χ0n) is 18.0. The van der Waals surface area contributed by atoms with E-state index in [0.717, 1.165) is 30.2 Å². The Morgan fingerprint density at radius 2 is 1.84 bits per heavy atom. The monoisotopic (exact) mass is 426 g/mol. The standard InChI is InChI=1S/C22H27FN6O2/c1-15-10-17(22(30)31)11-19(25-15)12-24-13-21-27-26-20(8-9-28(2)3)29(21)14-16-4-6-18(23)7-5-16/h4-7,10-11,24H,8-9,12-14H2,1-3H3,(H,30,31). The highest BCUT2D eigenvalue weighted by Gasteiger charge is 2.13. The molecule has 0 fully saturated rings. The summed E-state index contributed by atoms with van der Waals surface area (Å²) in [6.07, 6.45) is 0.739. The van der Waals surface area contributed by atoms with E-state index in [0.29, 0.717) is 31.0 Å². The lowest BCUT2D eigenvalue weighted by Crippen LogP contribution is -2.21. The maximum Gasteiger partial charge on any atom is 0.335 e. The fraction of sp³-hybridized carbons (Fsp3) is 0.364. The number of aryl methyl sites for hydroxylation is 1. The Hall–Kier alpha value is -3.17. The number of carboxylic acids is 1. The first-order valence-corrected chi connectivity index (χ1v) is 10.0. The Bertz CT molecular complexity index is 1030. The Morgan fingerprint density at radius 1 is 1.13 bits per heavy atom. The summed E-state index contributed by atoms with van der Waals surface area (Å²) < 4.78 is 15.3. The summed E-state index contributed by atoms with van der Waals surface area (Å²) in [6, 6.07) is 9.51. The third-order valence-corrected chi connectivity index (χ3v) is 4.78. The van der Waals surface area contributed by atoms with E-state index >= 15 is 0 Å². The van der Waals surface area contributed by atoms with Gasteiger partial charge in [-0.2, -0.15) is 0 Å². The molecule has 0 atom stereocenters. The fourth-order valence-electron chi connectivity index (χ4n) is 3.22. The number of nitrogens with one attached hydrogen (secondary N) is 1. The van der Waals surface area contributed by atoms with Gasteiger partial charge in [-0.1, -0.05) is 12.1 Å². The molecular formula is C22H27FN6O2. The van der Waals surface area contributed by atoms with Crippen molar-refractivity contribution in [3.8, 4) is 0 Å². The molecule has 0 amide bonds. The van der Waals surface area contributed by atoms with Gasteiger partial charge in [0.2, 0.25) is 0 Å². The molecule has 0 aliphatic rings. The number of rotatable bonds is 10. The van der Waals surface area contributed by atoms with Crippen molar-refractivity contribution in [1.29, 1.82) is 0 Å². The zero-order chi connectivity index (χ0) is 22.4. The summed E-state index contributed by atoms with van der Waals surface area (Å²) in [4.78, 5) is 17.7. The topological polar surface area (TPSA) is 96.2 Å². The third kappa shape index (κ3) is 6.40. The first-order chi connectivity index (χ1) is 14.8. The second kappa shape index (κ2) is 10.2.